The second-order valence-corrected chi connectivity index (χ2v) is 4.81. The van der Waals surface area contributed by atoms with E-state index >= 15 is 0 Å². The van der Waals surface area contributed by atoms with E-state index in [-0.39, 0.29) is 0 Å². The summed E-state index contributed by atoms with van der Waals surface area (Å²) in [5.74, 6) is -1.74. The lowest BCUT2D eigenvalue weighted by atomic mass is 10.1. The molecule has 7 nitrogen and oxygen atoms in total. The summed E-state index contributed by atoms with van der Waals surface area (Å²) in [4.78, 5) is 21.9. The molecule has 0 saturated carbocycles. The van der Waals surface area contributed by atoms with Gasteiger partial charge >= 0.3 is 18.2 Å². The third-order valence-corrected chi connectivity index (χ3v) is 2.54. The van der Waals surface area contributed by atoms with Crippen LogP contribution in [-0.2, 0) is 10.9 Å². The fourth-order valence-corrected chi connectivity index (χ4v) is 1.53. The monoisotopic (exact) mass is 321 g/mol. The molecule has 0 aromatic carbocycles. The quantitative estimate of drug-likeness (QED) is 0.887. The number of alkyl halides is 3. The first-order valence-corrected chi connectivity index (χ1v) is 5.91. The molecule has 1 aromatic heterocycles. The Hall–Kier alpha value is -2.52. The molecule has 0 radical (unpaired) electrons. The Balaban J connectivity index is 3.16. The summed E-state index contributed by atoms with van der Waals surface area (Å²) in [6.07, 6.45) is -2.91. The molecule has 122 valence electrons. The van der Waals surface area contributed by atoms with Crippen LogP contribution >= 0.6 is 0 Å². The molecular formula is C12H14F3N3O4. The Morgan fingerprint density at radius 3 is 2.45 bits per heavy atom. The number of hydrogen-bond acceptors (Lipinski definition) is 4. The summed E-state index contributed by atoms with van der Waals surface area (Å²) in [7, 11) is 1.14. The minimum Gasteiger partial charge on any atom is -0.478 e. The highest BCUT2D eigenvalue weighted by Crippen LogP contribution is 2.32. The Morgan fingerprint density at radius 2 is 2.00 bits per heavy atom. The molecule has 1 heterocycles. The van der Waals surface area contributed by atoms with Gasteiger partial charge in [0.15, 0.2) is 5.69 Å². The lowest BCUT2D eigenvalue weighted by molar-refractivity contribution is -0.143. The lowest BCUT2D eigenvalue weighted by Crippen LogP contribution is -2.41. The van der Waals surface area contributed by atoms with Crippen LogP contribution < -0.4 is 5.32 Å². The highest BCUT2D eigenvalue weighted by molar-refractivity contribution is 5.89. The van der Waals surface area contributed by atoms with Crippen molar-refractivity contribution in [2.75, 3.05) is 7.11 Å². The first-order chi connectivity index (χ1) is 9.98. The van der Waals surface area contributed by atoms with Gasteiger partial charge in [0.25, 0.3) is 0 Å². The summed E-state index contributed by atoms with van der Waals surface area (Å²) in [5.41, 5.74) is -3.41. The van der Waals surface area contributed by atoms with Crippen LogP contribution in [0, 0.1) is 0 Å². The number of carboxylic acid groups (broad SMARTS) is 1. The zero-order valence-electron chi connectivity index (χ0n) is 11.9. The molecule has 22 heavy (non-hydrogen) atoms. The van der Waals surface area contributed by atoms with Gasteiger partial charge in [-0.05, 0) is 19.9 Å². The van der Waals surface area contributed by atoms with Crippen LogP contribution in [0.4, 0.5) is 18.0 Å². The summed E-state index contributed by atoms with van der Waals surface area (Å²) < 4.78 is 43.6. The maximum absolute atomic E-state index is 12.9. The number of methoxy groups -OCH3 is 1. The van der Waals surface area contributed by atoms with Crippen LogP contribution in [0.15, 0.2) is 12.3 Å². The van der Waals surface area contributed by atoms with Crippen LogP contribution in [0.5, 0.6) is 0 Å². The van der Waals surface area contributed by atoms with Gasteiger partial charge in [-0.2, -0.15) is 18.3 Å². The van der Waals surface area contributed by atoms with Gasteiger partial charge in [-0.1, -0.05) is 0 Å². The maximum atomic E-state index is 12.9. The third kappa shape index (κ3) is 4.24. The smallest absolute Gasteiger partial charge is 0.434 e. The molecule has 0 aliphatic carbocycles. The van der Waals surface area contributed by atoms with Gasteiger partial charge in [0, 0.05) is 6.20 Å². The number of nitrogens with zero attached hydrogens (tertiary/aromatic N) is 2. The number of carboxylic acids is 1. The van der Waals surface area contributed by atoms with Crippen LogP contribution in [-0.4, -0.2) is 39.6 Å². The number of carbonyl (C=O) groups excluding carboxylic acids is 1. The van der Waals surface area contributed by atoms with Gasteiger partial charge in [-0.25, -0.2) is 14.3 Å². The van der Waals surface area contributed by atoms with Crippen LogP contribution in [0.2, 0.25) is 0 Å². The number of alkyl carbamates (subject to hydrolysis) is 1. The number of amides is 1. The van der Waals surface area contributed by atoms with Gasteiger partial charge in [0.2, 0.25) is 0 Å². The maximum Gasteiger partial charge on any atom is 0.434 e. The molecule has 1 amide bonds. The Morgan fingerprint density at radius 1 is 1.41 bits per heavy atom. The molecule has 0 aliphatic heterocycles. The van der Waals surface area contributed by atoms with E-state index in [1.54, 1.807) is 0 Å². The van der Waals surface area contributed by atoms with Gasteiger partial charge in [-0.3, -0.25) is 0 Å². The third-order valence-electron chi connectivity index (χ3n) is 2.54. The van der Waals surface area contributed by atoms with Crippen molar-refractivity contribution in [3.63, 3.8) is 0 Å². The summed E-state index contributed by atoms with van der Waals surface area (Å²) in [5, 5.41) is 14.5. The topological polar surface area (TPSA) is 93.5 Å². The minimum atomic E-state index is -4.89. The zero-order valence-corrected chi connectivity index (χ0v) is 11.9. The SMILES string of the molecule is COC(=O)NC(C)(C)C=Cn1ncc(C(=O)O)c1C(F)(F)F. The average molecular weight is 321 g/mol. The molecule has 10 heteroatoms. The molecule has 1 aromatic rings. The van der Waals surface area contributed by atoms with Crippen molar-refractivity contribution in [2.24, 2.45) is 0 Å². The summed E-state index contributed by atoms with van der Waals surface area (Å²) in [6.45, 7) is 3.02. The van der Waals surface area contributed by atoms with E-state index in [2.05, 4.69) is 15.2 Å². The number of aromatic carboxylic acids is 1. The predicted molar refractivity (Wildman–Crippen MR) is 69.1 cm³/mol. The second kappa shape index (κ2) is 6.08. The normalized spacial score (nSPS) is 12.5. The molecular weight excluding hydrogens is 307 g/mol. The molecule has 0 fully saturated rings. The number of ether oxygens (including phenoxy) is 1. The average Bonchev–Trinajstić information content (AvgIpc) is 2.79. The summed E-state index contributed by atoms with van der Waals surface area (Å²) >= 11 is 0. The molecule has 0 bridgehead atoms. The number of rotatable bonds is 4. The van der Waals surface area contributed by atoms with Crippen molar-refractivity contribution in [1.82, 2.24) is 15.1 Å². The van der Waals surface area contributed by atoms with Crippen LogP contribution in [0.1, 0.15) is 29.9 Å². The zero-order chi connectivity index (χ0) is 17.1. The molecule has 0 aliphatic rings. The molecule has 0 saturated heterocycles. The van der Waals surface area contributed by atoms with E-state index in [9.17, 15) is 22.8 Å². The van der Waals surface area contributed by atoms with Gasteiger partial charge in [0.1, 0.15) is 5.56 Å². The summed E-state index contributed by atoms with van der Waals surface area (Å²) in [6, 6.07) is 0. The van der Waals surface area contributed by atoms with Crippen molar-refractivity contribution in [3.05, 3.63) is 23.5 Å². The van der Waals surface area contributed by atoms with E-state index in [1.165, 1.54) is 19.9 Å². The van der Waals surface area contributed by atoms with E-state index in [0.717, 1.165) is 13.3 Å². The second-order valence-electron chi connectivity index (χ2n) is 4.81. The van der Waals surface area contributed by atoms with Gasteiger partial charge < -0.3 is 15.2 Å². The fourth-order valence-electron chi connectivity index (χ4n) is 1.53. The van der Waals surface area contributed by atoms with E-state index in [0.29, 0.717) is 10.9 Å². The minimum absolute atomic E-state index is 0.393. The largest absolute Gasteiger partial charge is 0.478 e. The molecule has 0 atom stereocenters. The molecule has 0 spiro atoms. The molecule has 1 rings (SSSR count). The fraction of sp³-hybridized carbons (Fsp3) is 0.417. The molecule has 2 N–H and O–H groups in total. The van der Waals surface area contributed by atoms with E-state index < -0.39 is 35.0 Å². The number of aromatic nitrogens is 2. The number of nitrogens with one attached hydrogen (secondary N) is 1. The predicted octanol–water partition coefficient (Wildman–Crippen LogP) is 2.21. The van der Waals surface area contributed by atoms with Crippen LogP contribution in [0.3, 0.4) is 0 Å². The first kappa shape index (κ1) is 17.5. The molecule has 0 unspecified atom stereocenters. The van der Waals surface area contributed by atoms with Crippen molar-refractivity contribution < 1.29 is 32.6 Å². The van der Waals surface area contributed by atoms with Crippen LogP contribution in [0.25, 0.3) is 6.20 Å². The number of halogens is 3. The highest BCUT2D eigenvalue weighted by Gasteiger charge is 2.40. The van der Waals surface area contributed by atoms with Crippen molar-refractivity contribution >= 4 is 18.3 Å². The Kier molecular flexibility index (Phi) is 4.84. The standard InChI is InChI=1S/C12H14F3N3O4/c1-11(2,17-10(21)22-3)4-5-18-8(12(13,14)15)7(6-16-18)9(19)20/h4-6H,1-3H3,(H,17,21)(H,19,20). The van der Waals surface area contributed by atoms with Crippen molar-refractivity contribution in [2.45, 2.75) is 25.6 Å². The van der Waals surface area contributed by atoms with Gasteiger partial charge in [-0.15, -0.1) is 0 Å². The Bertz CT molecular complexity index is 605. The highest BCUT2D eigenvalue weighted by atomic mass is 19.4. The first-order valence-electron chi connectivity index (χ1n) is 5.91. The van der Waals surface area contributed by atoms with Crippen molar-refractivity contribution in [1.29, 1.82) is 0 Å². The lowest BCUT2D eigenvalue weighted by Gasteiger charge is -2.21. The Labute approximate surface area is 123 Å². The van der Waals surface area contributed by atoms with Gasteiger partial charge in [0.05, 0.1) is 18.8 Å². The number of hydrogen-bond donors (Lipinski definition) is 2. The van der Waals surface area contributed by atoms with E-state index in [4.69, 9.17) is 5.11 Å². The number of carbonyl (C=O) groups is 2. The van der Waals surface area contributed by atoms with Crippen molar-refractivity contribution in [3.8, 4) is 0 Å². The van der Waals surface area contributed by atoms with E-state index in [1.807, 2.05) is 0 Å².